The van der Waals surface area contributed by atoms with Crippen LogP contribution in [0.1, 0.15) is 45.5 Å². The van der Waals surface area contributed by atoms with Crippen LogP contribution in [0, 0.1) is 0 Å². The van der Waals surface area contributed by atoms with Gasteiger partial charge in [-0.1, -0.05) is 0 Å². The first-order chi connectivity index (χ1) is 22.1. The molecule has 5 rings (SSSR count). The molecule has 0 spiro atoms. The lowest BCUT2D eigenvalue weighted by Gasteiger charge is -2.34. The van der Waals surface area contributed by atoms with Crippen molar-refractivity contribution >= 4 is 40.9 Å². The topological polar surface area (TPSA) is 175 Å². The molecule has 1 fully saturated rings. The number of hydrogen-bond donors (Lipinski definition) is 2. The predicted molar refractivity (Wildman–Crippen MR) is 183 cm³/mol. The summed E-state index contributed by atoms with van der Waals surface area (Å²) in [6.07, 6.45) is 6.05. The molecular weight excluding hydrogens is 626 g/mol. The molecule has 2 aromatic carbocycles. The molecule has 2 aromatic heterocycles. The number of aromatic amines is 1. The van der Waals surface area contributed by atoms with Crippen molar-refractivity contribution in [1.82, 2.24) is 29.7 Å². The van der Waals surface area contributed by atoms with Crippen LogP contribution in [0.25, 0.3) is 10.9 Å². The van der Waals surface area contributed by atoms with E-state index >= 15 is 0 Å². The van der Waals surface area contributed by atoms with Crippen molar-refractivity contribution in [2.24, 2.45) is 0 Å². The van der Waals surface area contributed by atoms with E-state index in [4.69, 9.17) is 18.4 Å². The zero-order valence-corrected chi connectivity index (χ0v) is 28.7. The number of likely N-dealkylation sites (tertiary alicyclic amines) is 1. The van der Waals surface area contributed by atoms with Gasteiger partial charge < -0.3 is 39.8 Å². The molecule has 4 aromatic rings. The van der Waals surface area contributed by atoms with Crippen LogP contribution in [-0.4, -0.2) is 87.2 Å². The minimum Gasteiger partial charge on any atom is -0.497 e. The molecule has 14 nitrogen and oxygen atoms in total. The Morgan fingerprint density at radius 2 is 1.64 bits per heavy atom. The number of piperidine rings is 1. The zero-order chi connectivity index (χ0) is 33.9. The molecule has 0 atom stereocenters. The van der Waals surface area contributed by atoms with Gasteiger partial charge in [-0.2, -0.15) is 4.21 Å². The van der Waals surface area contributed by atoms with E-state index in [9.17, 15) is 9.59 Å². The van der Waals surface area contributed by atoms with Gasteiger partial charge in [0.05, 0.1) is 38.0 Å². The fraction of sp³-hybridized carbons (Fsp3) is 0.438. The van der Waals surface area contributed by atoms with Gasteiger partial charge in [-0.3, -0.25) is 9.36 Å². The molecule has 4 N–H and O–H groups in total. The fourth-order valence-electron chi connectivity index (χ4n) is 5.02. The number of rotatable bonds is 7. The van der Waals surface area contributed by atoms with Crippen molar-refractivity contribution < 1.29 is 28.7 Å². The number of nitrogens with one attached hydrogen (secondary N) is 2. The number of benzene rings is 2. The second-order valence-electron chi connectivity index (χ2n) is 11.5. The molecule has 3 heterocycles. The number of hydrogen-bond acceptors (Lipinski definition) is 11. The number of carbonyl (C=O) groups is 1. The number of nitrogens with zero attached hydrogens (tertiary/aromatic N) is 5. The van der Waals surface area contributed by atoms with E-state index in [1.54, 1.807) is 42.4 Å². The van der Waals surface area contributed by atoms with E-state index in [0.29, 0.717) is 54.9 Å². The lowest BCUT2D eigenvalue weighted by atomic mass is 10.0. The first kappa shape index (κ1) is 38.6. The monoisotopic (exact) mass is 671 g/mol. The van der Waals surface area contributed by atoms with Gasteiger partial charge in [-0.15, -0.1) is 0 Å². The van der Waals surface area contributed by atoms with Crippen molar-refractivity contribution in [3.8, 4) is 11.5 Å². The Kier molecular flexibility index (Phi) is 14.7. The Balaban J connectivity index is 0.00000121. The van der Waals surface area contributed by atoms with Gasteiger partial charge in [0.2, 0.25) is 0 Å². The van der Waals surface area contributed by atoms with Crippen LogP contribution in [0.2, 0.25) is 0 Å². The number of aromatic nitrogens is 4. The third-order valence-electron chi connectivity index (χ3n) is 7.10. The highest BCUT2D eigenvalue weighted by Crippen LogP contribution is 2.35. The summed E-state index contributed by atoms with van der Waals surface area (Å²) in [6, 6.07) is 11.2. The molecule has 1 aliphatic heterocycles. The summed E-state index contributed by atoms with van der Waals surface area (Å²) in [6.45, 7) is 7.01. The smallest absolute Gasteiger partial charge is 0.410 e. The minimum absolute atomic E-state index is 0. The number of carbonyl (C=O) groups excluding carboxylic acids is 1. The number of amides is 1. The summed E-state index contributed by atoms with van der Waals surface area (Å²) in [4.78, 5) is 42.2. The van der Waals surface area contributed by atoms with E-state index in [-0.39, 0.29) is 23.2 Å². The van der Waals surface area contributed by atoms with Crippen LogP contribution in [0.3, 0.4) is 0 Å². The van der Waals surface area contributed by atoms with Gasteiger partial charge in [0.1, 0.15) is 22.9 Å². The van der Waals surface area contributed by atoms with Crippen molar-refractivity contribution in [2.45, 2.75) is 51.8 Å². The van der Waals surface area contributed by atoms with Crippen molar-refractivity contribution in [3.63, 3.8) is 0 Å². The van der Waals surface area contributed by atoms with E-state index in [2.05, 4.69) is 32.8 Å². The number of imidazole rings is 1. The maximum absolute atomic E-state index is 13.8. The standard InChI is InChI=1S/C30H36N6O5.C2H7N.OS.H2O/c1-30(2,3)41-29(38)34-12-8-20(9-13-34)36-19-33-26-7-6-21(16-25(26)28(36)37)35(18-27-31-10-11-32-27)22-14-23(39-4)17-24(15-22)40-5;1-3-2;1-2;/h6-7,10-11,14-17,19-20H,8-9,12-13,18H2,1-5H3,(H,31,32);3H,1-2H3;;1H2. The molecule has 0 radical (unpaired) electrons. The number of H-pyrrole nitrogens is 1. The fourth-order valence-corrected chi connectivity index (χ4v) is 5.02. The number of methoxy groups -OCH3 is 2. The van der Waals surface area contributed by atoms with Crippen LogP contribution in [0.5, 0.6) is 11.5 Å². The highest BCUT2D eigenvalue weighted by molar-refractivity contribution is 7.44. The van der Waals surface area contributed by atoms with Gasteiger partial charge in [0, 0.05) is 61.1 Å². The van der Waals surface area contributed by atoms with Gasteiger partial charge in [-0.25, -0.2) is 14.8 Å². The molecule has 1 saturated heterocycles. The lowest BCUT2D eigenvalue weighted by molar-refractivity contribution is 0.0187. The van der Waals surface area contributed by atoms with Gasteiger partial charge >= 0.3 is 6.09 Å². The highest BCUT2D eigenvalue weighted by Gasteiger charge is 2.28. The first-order valence-corrected chi connectivity index (χ1v) is 15.1. The Labute approximate surface area is 279 Å². The molecule has 1 aliphatic rings. The van der Waals surface area contributed by atoms with Crippen LogP contribution in [0.15, 0.2) is 59.9 Å². The summed E-state index contributed by atoms with van der Waals surface area (Å²) >= 11 is 2.83. The quantitative estimate of drug-likeness (QED) is 0.293. The van der Waals surface area contributed by atoms with Gasteiger partial charge in [0.15, 0.2) is 12.5 Å². The molecule has 47 heavy (non-hydrogen) atoms. The number of fused-ring (bicyclic) bond motifs is 1. The van der Waals surface area contributed by atoms with E-state index in [0.717, 1.165) is 17.2 Å². The predicted octanol–water partition coefficient (Wildman–Crippen LogP) is 3.72. The largest absolute Gasteiger partial charge is 0.497 e. The molecule has 15 heteroatoms. The number of ether oxygens (including phenoxy) is 3. The summed E-state index contributed by atoms with van der Waals surface area (Å²) in [5.41, 5.74) is 1.55. The zero-order valence-electron chi connectivity index (χ0n) is 27.9. The molecule has 0 aliphatic carbocycles. The van der Waals surface area contributed by atoms with Crippen molar-refractivity contribution in [2.75, 3.05) is 46.3 Å². The summed E-state index contributed by atoms with van der Waals surface area (Å²) < 4.78 is 26.1. The average molecular weight is 672 g/mol. The van der Waals surface area contributed by atoms with E-state index < -0.39 is 5.60 Å². The maximum atomic E-state index is 13.8. The highest BCUT2D eigenvalue weighted by atomic mass is 32.1. The number of anilines is 2. The van der Waals surface area contributed by atoms with Gasteiger partial charge in [0.25, 0.3) is 5.56 Å². The Hall–Kier alpha value is -4.60. The van der Waals surface area contributed by atoms with Crippen molar-refractivity contribution in [3.05, 3.63) is 71.3 Å². The average Bonchev–Trinajstić information content (AvgIpc) is 3.57. The molecule has 0 saturated carbocycles. The molecule has 0 unspecified atom stereocenters. The third kappa shape index (κ3) is 10.2. The molecule has 1 amide bonds. The van der Waals surface area contributed by atoms with E-state index in [1.807, 2.05) is 76.2 Å². The van der Waals surface area contributed by atoms with Crippen LogP contribution in [-0.2, 0) is 23.8 Å². The van der Waals surface area contributed by atoms with E-state index in [1.165, 1.54) is 0 Å². The summed E-state index contributed by atoms with van der Waals surface area (Å²) in [7, 11) is 6.97. The lowest BCUT2D eigenvalue weighted by Crippen LogP contribution is -2.43. The minimum atomic E-state index is -0.550. The second-order valence-corrected chi connectivity index (χ2v) is 11.5. The molecule has 256 valence electrons. The second kappa shape index (κ2) is 17.9. The SMILES string of the molecule is CNC.COc1cc(OC)cc(N(Cc2ncc[nH]2)c2ccc3ncn(C4CCN(C(=O)OC(C)(C)C)CC4)c(=O)c3c2)c1.O.O=S. The Bertz CT molecular complexity index is 1600. The summed E-state index contributed by atoms with van der Waals surface area (Å²) in [5.74, 6) is 2.05. The normalized spacial score (nSPS) is 12.9. The Morgan fingerprint density at radius 1 is 1.02 bits per heavy atom. The maximum Gasteiger partial charge on any atom is 0.410 e. The van der Waals surface area contributed by atoms with Crippen LogP contribution >= 0.6 is 0 Å². The third-order valence-corrected chi connectivity index (χ3v) is 7.10. The molecule has 0 bridgehead atoms. The van der Waals surface area contributed by atoms with Crippen LogP contribution in [0.4, 0.5) is 16.2 Å². The first-order valence-electron chi connectivity index (χ1n) is 14.8. The van der Waals surface area contributed by atoms with Crippen LogP contribution < -0.4 is 25.2 Å². The molecular formula is C32H45N7O7S. The Morgan fingerprint density at radius 3 is 2.17 bits per heavy atom. The summed E-state index contributed by atoms with van der Waals surface area (Å²) in [5, 5.41) is 3.26. The van der Waals surface area contributed by atoms with Gasteiger partial charge in [-0.05, 0) is 65.9 Å². The van der Waals surface area contributed by atoms with Crippen molar-refractivity contribution in [1.29, 1.82) is 0 Å².